The van der Waals surface area contributed by atoms with Crippen molar-refractivity contribution in [3.05, 3.63) is 42.5 Å². The smallest absolute Gasteiger partial charge is 0.0569 e. The summed E-state index contributed by atoms with van der Waals surface area (Å²) in [6, 6.07) is 15.1. The van der Waals surface area contributed by atoms with Crippen LogP contribution in [0.15, 0.2) is 42.5 Å². The molecule has 1 aliphatic carbocycles. The highest BCUT2D eigenvalue weighted by Crippen LogP contribution is 2.31. The van der Waals surface area contributed by atoms with E-state index in [4.69, 9.17) is 0 Å². The predicted molar refractivity (Wildman–Crippen MR) is 89.8 cm³/mol. The minimum Gasteiger partial charge on any atom is -0.393 e. The zero-order valence-electron chi connectivity index (χ0n) is 12.8. The van der Waals surface area contributed by atoms with Crippen LogP contribution in [0.3, 0.4) is 0 Å². The van der Waals surface area contributed by atoms with E-state index in [-0.39, 0.29) is 6.10 Å². The predicted octanol–water partition coefficient (Wildman–Crippen LogP) is 4.22. The van der Waals surface area contributed by atoms with Crippen LogP contribution in [0.2, 0.25) is 0 Å². The molecule has 2 aromatic rings. The van der Waals surface area contributed by atoms with Crippen molar-refractivity contribution in [1.29, 1.82) is 0 Å². The Morgan fingerprint density at radius 3 is 2.67 bits per heavy atom. The summed E-state index contributed by atoms with van der Waals surface area (Å²) in [5.74, 6) is 0.494. The van der Waals surface area contributed by atoms with Gasteiger partial charge in [0.05, 0.1) is 6.10 Å². The fraction of sp³-hybridized carbons (Fsp3) is 0.474. The minimum atomic E-state index is -0.0729. The Balaban J connectivity index is 1.78. The quantitative estimate of drug-likeness (QED) is 0.888. The number of hydrogen-bond donors (Lipinski definition) is 1. The summed E-state index contributed by atoms with van der Waals surface area (Å²) >= 11 is 0. The lowest BCUT2D eigenvalue weighted by atomic mass is 10.0. The van der Waals surface area contributed by atoms with Crippen molar-refractivity contribution in [3.63, 3.8) is 0 Å². The summed E-state index contributed by atoms with van der Waals surface area (Å²) in [7, 11) is 0. The molecule has 0 spiro atoms. The molecule has 1 saturated carbocycles. The summed E-state index contributed by atoms with van der Waals surface area (Å²) in [4.78, 5) is 2.45. The Labute approximate surface area is 127 Å². The molecule has 21 heavy (non-hydrogen) atoms. The molecule has 2 unspecified atom stereocenters. The lowest BCUT2D eigenvalue weighted by Crippen LogP contribution is -2.27. The number of hydrogen-bond acceptors (Lipinski definition) is 2. The Bertz CT molecular complexity index is 590. The molecule has 0 saturated heterocycles. The first-order valence-corrected chi connectivity index (χ1v) is 8.20. The molecule has 2 aromatic carbocycles. The van der Waals surface area contributed by atoms with Gasteiger partial charge in [0.2, 0.25) is 0 Å². The molecular weight excluding hydrogens is 258 g/mol. The molecule has 1 aliphatic rings. The van der Waals surface area contributed by atoms with Crippen molar-refractivity contribution in [2.75, 3.05) is 18.0 Å². The molecule has 0 aromatic heterocycles. The SMILES string of the molecule is CCN(CCC1CCCC1O)c1cccc2ccccc12. The maximum atomic E-state index is 10.00. The number of aliphatic hydroxyl groups is 1. The fourth-order valence-corrected chi connectivity index (χ4v) is 3.61. The molecule has 3 rings (SSSR count). The first-order valence-electron chi connectivity index (χ1n) is 8.20. The number of nitrogens with zero attached hydrogens (tertiary/aromatic N) is 1. The Morgan fingerprint density at radius 1 is 1.10 bits per heavy atom. The zero-order valence-corrected chi connectivity index (χ0v) is 12.8. The third-order valence-electron chi connectivity index (χ3n) is 4.88. The van der Waals surface area contributed by atoms with E-state index in [1.807, 2.05) is 0 Å². The van der Waals surface area contributed by atoms with Crippen molar-refractivity contribution < 1.29 is 5.11 Å². The number of anilines is 1. The van der Waals surface area contributed by atoms with Gasteiger partial charge in [-0.05, 0) is 43.6 Å². The van der Waals surface area contributed by atoms with Crippen molar-refractivity contribution in [2.24, 2.45) is 5.92 Å². The first kappa shape index (κ1) is 14.4. The summed E-state index contributed by atoms with van der Waals surface area (Å²) in [6.07, 6.45) is 4.39. The van der Waals surface area contributed by atoms with Gasteiger partial charge in [0, 0.05) is 24.2 Å². The first-order chi connectivity index (χ1) is 10.3. The molecule has 1 fully saturated rings. The zero-order chi connectivity index (χ0) is 14.7. The van der Waals surface area contributed by atoms with Gasteiger partial charge in [-0.25, -0.2) is 0 Å². The van der Waals surface area contributed by atoms with Gasteiger partial charge < -0.3 is 10.0 Å². The standard InChI is InChI=1S/C19H25NO/c1-2-20(14-13-16-9-6-12-19(16)21)18-11-5-8-15-7-3-4-10-17(15)18/h3-5,7-8,10-11,16,19,21H,2,6,9,12-14H2,1H3. The van der Waals surface area contributed by atoms with E-state index in [0.717, 1.165) is 25.9 Å². The topological polar surface area (TPSA) is 23.5 Å². The molecule has 0 bridgehead atoms. The Hall–Kier alpha value is -1.54. The molecule has 0 aliphatic heterocycles. The van der Waals surface area contributed by atoms with E-state index in [9.17, 15) is 5.11 Å². The van der Waals surface area contributed by atoms with E-state index in [1.165, 1.54) is 29.3 Å². The van der Waals surface area contributed by atoms with Crippen LogP contribution < -0.4 is 4.90 Å². The second-order valence-corrected chi connectivity index (χ2v) is 6.12. The molecule has 2 atom stereocenters. The van der Waals surface area contributed by atoms with Crippen LogP contribution in [0.5, 0.6) is 0 Å². The Kier molecular flexibility index (Phi) is 4.45. The van der Waals surface area contributed by atoms with E-state index < -0.39 is 0 Å². The second-order valence-electron chi connectivity index (χ2n) is 6.12. The van der Waals surface area contributed by atoms with Crippen LogP contribution in [0.1, 0.15) is 32.6 Å². The number of benzene rings is 2. The lowest BCUT2D eigenvalue weighted by Gasteiger charge is -2.27. The van der Waals surface area contributed by atoms with Crippen LogP contribution in [-0.4, -0.2) is 24.3 Å². The maximum Gasteiger partial charge on any atom is 0.0569 e. The average molecular weight is 283 g/mol. The van der Waals surface area contributed by atoms with Gasteiger partial charge in [-0.2, -0.15) is 0 Å². The van der Waals surface area contributed by atoms with Crippen molar-refractivity contribution in [1.82, 2.24) is 0 Å². The van der Waals surface area contributed by atoms with Gasteiger partial charge in [0.15, 0.2) is 0 Å². The molecule has 0 heterocycles. The number of fused-ring (bicyclic) bond motifs is 1. The van der Waals surface area contributed by atoms with E-state index in [1.54, 1.807) is 0 Å². The monoisotopic (exact) mass is 283 g/mol. The minimum absolute atomic E-state index is 0.0729. The molecule has 2 heteroatoms. The van der Waals surface area contributed by atoms with E-state index in [0.29, 0.717) is 5.92 Å². The van der Waals surface area contributed by atoms with E-state index in [2.05, 4.69) is 54.3 Å². The molecule has 112 valence electrons. The Morgan fingerprint density at radius 2 is 1.90 bits per heavy atom. The molecule has 0 radical (unpaired) electrons. The van der Waals surface area contributed by atoms with Crippen LogP contribution in [0, 0.1) is 5.92 Å². The summed E-state index contributed by atoms with van der Waals surface area (Å²) in [5, 5.41) is 12.6. The van der Waals surface area contributed by atoms with Crippen LogP contribution in [0.4, 0.5) is 5.69 Å². The number of aliphatic hydroxyl groups excluding tert-OH is 1. The molecular formula is C19H25NO. The maximum absolute atomic E-state index is 10.00. The number of rotatable bonds is 5. The highest BCUT2D eigenvalue weighted by molar-refractivity contribution is 5.94. The van der Waals surface area contributed by atoms with Crippen molar-refractivity contribution in [2.45, 2.75) is 38.7 Å². The van der Waals surface area contributed by atoms with Gasteiger partial charge in [-0.15, -0.1) is 0 Å². The highest BCUT2D eigenvalue weighted by atomic mass is 16.3. The summed E-state index contributed by atoms with van der Waals surface area (Å²) < 4.78 is 0. The van der Waals surface area contributed by atoms with Crippen LogP contribution in [-0.2, 0) is 0 Å². The third kappa shape index (κ3) is 3.06. The normalized spacial score (nSPS) is 21.8. The van der Waals surface area contributed by atoms with Crippen molar-refractivity contribution >= 4 is 16.5 Å². The largest absolute Gasteiger partial charge is 0.393 e. The van der Waals surface area contributed by atoms with E-state index >= 15 is 0 Å². The highest BCUT2D eigenvalue weighted by Gasteiger charge is 2.25. The van der Waals surface area contributed by atoms with Crippen LogP contribution >= 0.6 is 0 Å². The lowest BCUT2D eigenvalue weighted by molar-refractivity contribution is 0.129. The summed E-state index contributed by atoms with van der Waals surface area (Å²) in [5.41, 5.74) is 1.32. The van der Waals surface area contributed by atoms with Gasteiger partial charge in [-0.3, -0.25) is 0 Å². The van der Waals surface area contributed by atoms with Gasteiger partial charge in [0.25, 0.3) is 0 Å². The summed E-state index contributed by atoms with van der Waals surface area (Å²) in [6.45, 7) is 4.26. The fourth-order valence-electron chi connectivity index (χ4n) is 3.61. The van der Waals surface area contributed by atoms with Gasteiger partial charge >= 0.3 is 0 Å². The van der Waals surface area contributed by atoms with Crippen LogP contribution in [0.25, 0.3) is 10.8 Å². The molecule has 0 amide bonds. The second kappa shape index (κ2) is 6.48. The average Bonchev–Trinajstić information content (AvgIpc) is 2.93. The third-order valence-corrected chi connectivity index (χ3v) is 4.88. The van der Waals surface area contributed by atoms with Crippen molar-refractivity contribution in [3.8, 4) is 0 Å². The van der Waals surface area contributed by atoms with Gasteiger partial charge in [-0.1, -0.05) is 42.8 Å². The molecule has 1 N–H and O–H groups in total. The van der Waals surface area contributed by atoms with Gasteiger partial charge in [0.1, 0.15) is 0 Å². The molecule has 2 nitrogen and oxygen atoms in total.